The summed E-state index contributed by atoms with van der Waals surface area (Å²) < 4.78 is 27.0. The molecule has 1 fully saturated rings. The SMILES string of the molecule is O=C1N(CCCc2ccccc2)CCC[C@@]1(O)CNCc1cccc(F)c1F. The van der Waals surface area contributed by atoms with Crippen molar-refractivity contribution in [3.05, 3.63) is 71.3 Å². The van der Waals surface area contributed by atoms with Gasteiger partial charge in [0.1, 0.15) is 0 Å². The standard InChI is InChI=1S/C22H26F2N2O2/c23-19-11-4-10-18(20(19)24)15-25-16-22(28)12-6-14-26(21(22)27)13-5-9-17-7-2-1-3-8-17/h1-4,7-8,10-11,25,28H,5-6,9,12-16H2/t22-/m1/s1. The van der Waals surface area contributed by atoms with E-state index in [0.29, 0.717) is 25.9 Å². The van der Waals surface area contributed by atoms with Gasteiger partial charge in [0.05, 0.1) is 0 Å². The maximum Gasteiger partial charge on any atom is 0.255 e. The molecule has 0 radical (unpaired) electrons. The average Bonchev–Trinajstić information content (AvgIpc) is 2.69. The van der Waals surface area contributed by atoms with Crippen LogP contribution in [-0.4, -0.2) is 41.1 Å². The number of likely N-dealkylation sites (tertiary alicyclic amines) is 1. The molecule has 0 unspecified atom stereocenters. The van der Waals surface area contributed by atoms with Gasteiger partial charge in [0.25, 0.3) is 5.91 Å². The van der Waals surface area contributed by atoms with Gasteiger partial charge < -0.3 is 15.3 Å². The van der Waals surface area contributed by atoms with Gasteiger partial charge >= 0.3 is 0 Å². The van der Waals surface area contributed by atoms with Crippen molar-refractivity contribution >= 4 is 5.91 Å². The van der Waals surface area contributed by atoms with Gasteiger partial charge in [-0.3, -0.25) is 4.79 Å². The number of benzene rings is 2. The van der Waals surface area contributed by atoms with Crippen molar-refractivity contribution < 1.29 is 18.7 Å². The summed E-state index contributed by atoms with van der Waals surface area (Å²) in [6.45, 7) is 1.28. The van der Waals surface area contributed by atoms with Crippen molar-refractivity contribution in [1.82, 2.24) is 10.2 Å². The second kappa shape index (κ2) is 9.26. The van der Waals surface area contributed by atoms with Crippen molar-refractivity contribution in [1.29, 1.82) is 0 Å². The van der Waals surface area contributed by atoms with Gasteiger partial charge in [-0.1, -0.05) is 42.5 Å². The lowest BCUT2D eigenvalue weighted by Crippen LogP contribution is -2.58. The lowest BCUT2D eigenvalue weighted by molar-refractivity contribution is -0.156. The molecule has 1 amide bonds. The summed E-state index contributed by atoms with van der Waals surface area (Å²) in [5.74, 6) is -2.10. The van der Waals surface area contributed by atoms with E-state index in [1.165, 1.54) is 17.7 Å². The molecule has 0 bridgehead atoms. The molecule has 1 heterocycles. The summed E-state index contributed by atoms with van der Waals surface area (Å²) in [4.78, 5) is 14.5. The quantitative estimate of drug-likeness (QED) is 0.731. The molecule has 3 rings (SSSR count). The first-order valence-corrected chi connectivity index (χ1v) is 9.69. The third kappa shape index (κ3) is 4.94. The van der Waals surface area contributed by atoms with E-state index in [-0.39, 0.29) is 24.6 Å². The third-order valence-corrected chi connectivity index (χ3v) is 5.20. The lowest BCUT2D eigenvalue weighted by Gasteiger charge is -2.38. The normalized spacial score (nSPS) is 19.8. The monoisotopic (exact) mass is 388 g/mol. The summed E-state index contributed by atoms with van der Waals surface area (Å²) in [6, 6.07) is 14.1. The Balaban J connectivity index is 1.51. The molecule has 150 valence electrons. The molecule has 2 aromatic rings. The number of carbonyl (C=O) groups is 1. The predicted octanol–water partition coefficient (Wildman–Crippen LogP) is 3.04. The molecule has 28 heavy (non-hydrogen) atoms. The molecule has 1 saturated heterocycles. The van der Waals surface area contributed by atoms with Crippen molar-refractivity contribution in [2.24, 2.45) is 0 Å². The third-order valence-electron chi connectivity index (χ3n) is 5.20. The molecule has 6 heteroatoms. The summed E-state index contributed by atoms with van der Waals surface area (Å²) >= 11 is 0. The van der Waals surface area contributed by atoms with Crippen molar-refractivity contribution in [3.63, 3.8) is 0 Å². The highest BCUT2D eigenvalue weighted by Gasteiger charge is 2.41. The highest BCUT2D eigenvalue weighted by molar-refractivity contribution is 5.86. The molecule has 0 spiro atoms. The molecule has 0 saturated carbocycles. The van der Waals surface area contributed by atoms with Crippen LogP contribution >= 0.6 is 0 Å². The van der Waals surface area contributed by atoms with Crippen molar-refractivity contribution in [3.8, 4) is 0 Å². The summed E-state index contributed by atoms with van der Waals surface area (Å²) in [5, 5.41) is 13.7. The Labute approximate surface area is 164 Å². The van der Waals surface area contributed by atoms with E-state index in [2.05, 4.69) is 17.4 Å². The minimum Gasteiger partial charge on any atom is -0.379 e. The zero-order valence-corrected chi connectivity index (χ0v) is 15.8. The zero-order chi connectivity index (χ0) is 20.0. The number of halogens is 2. The molecule has 2 aromatic carbocycles. The van der Waals surface area contributed by atoms with E-state index < -0.39 is 17.2 Å². The number of piperidine rings is 1. The first kappa shape index (κ1) is 20.4. The van der Waals surface area contributed by atoms with Crippen LogP contribution in [0.2, 0.25) is 0 Å². The first-order chi connectivity index (χ1) is 13.5. The summed E-state index contributed by atoms with van der Waals surface area (Å²) in [7, 11) is 0. The second-order valence-electron chi connectivity index (χ2n) is 7.33. The molecule has 4 nitrogen and oxygen atoms in total. The molecule has 1 aliphatic heterocycles. The average molecular weight is 388 g/mol. The van der Waals surface area contributed by atoms with Crippen molar-refractivity contribution in [2.75, 3.05) is 19.6 Å². The van der Waals surface area contributed by atoms with E-state index in [1.807, 2.05) is 18.2 Å². The lowest BCUT2D eigenvalue weighted by atomic mass is 9.91. The van der Waals surface area contributed by atoms with E-state index in [0.717, 1.165) is 18.9 Å². The van der Waals surface area contributed by atoms with E-state index in [1.54, 1.807) is 4.90 Å². The Hall–Kier alpha value is -2.31. The smallest absolute Gasteiger partial charge is 0.255 e. The number of rotatable bonds is 8. The predicted molar refractivity (Wildman–Crippen MR) is 104 cm³/mol. The molecule has 2 N–H and O–H groups in total. The minimum absolute atomic E-state index is 0.0109. The van der Waals surface area contributed by atoms with E-state index in [4.69, 9.17) is 0 Å². The maximum atomic E-state index is 13.7. The van der Waals surface area contributed by atoms with Gasteiger partial charge in [-0.2, -0.15) is 0 Å². The number of nitrogens with one attached hydrogen (secondary N) is 1. The maximum absolute atomic E-state index is 13.7. The van der Waals surface area contributed by atoms with Crippen LogP contribution in [0.3, 0.4) is 0 Å². The summed E-state index contributed by atoms with van der Waals surface area (Å²) in [5.41, 5.74) is -0.109. The van der Waals surface area contributed by atoms with Crippen LogP contribution in [-0.2, 0) is 17.8 Å². The molecule has 0 aliphatic carbocycles. The van der Waals surface area contributed by atoms with Gasteiger partial charge in [-0.25, -0.2) is 8.78 Å². The number of amides is 1. The zero-order valence-electron chi connectivity index (χ0n) is 15.8. The summed E-state index contributed by atoms with van der Waals surface area (Å²) in [6.07, 6.45) is 2.77. The fourth-order valence-corrected chi connectivity index (χ4v) is 3.65. The number of aliphatic hydroxyl groups is 1. The number of aryl methyl sites for hydroxylation is 1. The van der Waals surface area contributed by atoms with Crippen LogP contribution in [0.1, 0.15) is 30.4 Å². The minimum atomic E-state index is -1.51. The Bertz CT molecular complexity index is 800. The number of nitrogens with zero attached hydrogens (tertiary/aromatic N) is 1. The van der Waals surface area contributed by atoms with Crippen LogP contribution < -0.4 is 5.32 Å². The first-order valence-electron chi connectivity index (χ1n) is 9.69. The van der Waals surface area contributed by atoms with E-state index in [9.17, 15) is 18.7 Å². The molecule has 1 atom stereocenters. The number of hydrogen-bond acceptors (Lipinski definition) is 3. The van der Waals surface area contributed by atoms with Gasteiger partial charge in [-0.05, 0) is 37.3 Å². The largest absolute Gasteiger partial charge is 0.379 e. The van der Waals surface area contributed by atoms with E-state index >= 15 is 0 Å². The highest BCUT2D eigenvalue weighted by atomic mass is 19.2. The van der Waals surface area contributed by atoms with Crippen LogP contribution in [0.25, 0.3) is 0 Å². The highest BCUT2D eigenvalue weighted by Crippen LogP contribution is 2.23. The molecular weight excluding hydrogens is 362 g/mol. The fraction of sp³-hybridized carbons (Fsp3) is 0.409. The van der Waals surface area contributed by atoms with Crippen LogP contribution in [0, 0.1) is 11.6 Å². The van der Waals surface area contributed by atoms with Crippen molar-refractivity contribution in [2.45, 2.75) is 37.8 Å². The molecule has 1 aliphatic rings. The van der Waals surface area contributed by atoms with Crippen LogP contribution in [0.4, 0.5) is 8.78 Å². The number of hydrogen-bond donors (Lipinski definition) is 2. The Morgan fingerprint density at radius 1 is 1.11 bits per heavy atom. The molecular formula is C22H26F2N2O2. The second-order valence-corrected chi connectivity index (χ2v) is 7.33. The van der Waals surface area contributed by atoms with Gasteiger partial charge in [0, 0.05) is 31.7 Å². The Morgan fingerprint density at radius 2 is 1.89 bits per heavy atom. The van der Waals surface area contributed by atoms with Gasteiger partial charge in [-0.15, -0.1) is 0 Å². The number of carbonyl (C=O) groups excluding carboxylic acids is 1. The molecule has 0 aromatic heterocycles. The van der Waals surface area contributed by atoms with Gasteiger partial charge in [0.15, 0.2) is 17.2 Å². The Kier molecular flexibility index (Phi) is 6.75. The Morgan fingerprint density at radius 3 is 2.68 bits per heavy atom. The van der Waals surface area contributed by atoms with Crippen LogP contribution in [0.15, 0.2) is 48.5 Å². The van der Waals surface area contributed by atoms with Gasteiger partial charge in [0.2, 0.25) is 0 Å². The van der Waals surface area contributed by atoms with Crippen LogP contribution in [0.5, 0.6) is 0 Å². The fourth-order valence-electron chi connectivity index (χ4n) is 3.65. The topological polar surface area (TPSA) is 52.6 Å².